The second kappa shape index (κ2) is 12.3. The minimum atomic E-state index is -3.90. The van der Waals surface area contributed by atoms with Crippen molar-refractivity contribution in [2.45, 2.75) is 31.7 Å². The minimum Gasteiger partial charge on any atom is -0.423 e. The molecule has 3 aromatic carbocycles. The molecule has 8 nitrogen and oxygen atoms in total. The van der Waals surface area contributed by atoms with Crippen LogP contribution < -0.4 is 14.9 Å². The molecule has 1 amide bonds. The van der Waals surface area contributed by atoms with Gasteiger partial charge in [-0.05, 0) is 73.0 Å². The summed E-state index contributed by atoms with van der Waals surface area (Å²) in [5.74, 6) is -1.29. The Bertz CT molecular complexity index is 1410. The van der Waals surface area contributed by atoms with Gasteiger partial charge < -0.3 is 4.74 Å². The first-order valence-electron chi connectivity index (χ1n) is 11.2. The van der Waals surface area contributed by atoms with Crippen LogP contribution in [-0.4, -0.2) is 32.6 Å². The maximum Gasteiger partial charge on any atom is 0.345 e. The molecule has 0 spiro atoms. The number of halogens is 2. The molecule has 0 saturated heterocycles. The van der Waals surface area contributed by atoms with Gasteiger partial charge in [0.2, 0.25) is 10.0 Å². The lowest BCUT2D eigenvalue weighted by Crippen LogP contribution is -2.48. The molecule has 37 heavy (non-hydrogen) atoms. The summed E-state index contributed by atoms with van der Waals surface area (Å²) in [5.41, 5.74) is 4.07. The van der Waals surface area contributed by atoms with Crippen molar-refractivity contribution in [1.29, 1.82) is 0 Å². The number of ether oxygens (including phenoxy) is 1. The summed E-state index contributed by atoms with van der Waals surface area (Å²) in [5, 5.41) is 4.50. The van der Waals surface area contributed by atoms with Crippen LogP contribution in [0.2, 0.25) is 10.0 Å². The Labute approximate surface area is 225 Å². The minimum absolute atomic E-state index is 0.0687. The largest absolute Gasteiger partial charge is 0.423 e. The molecule has 0 radical (unpaired) electrons. The molecule has 0 aromatic heterocycles. The number of nitrogens with one attached hydrogen (secondary N) is 2. The molecule has 0 heterocycles. The number of rotatable bonds is 9. The smallest absolute Gasteiger partial charge is 0.345 e. The van der Waals surface area contributed by atoms with Gasteiger partial charge in [-0.15, -0.1) is 0 Å². The summed E-state index contributed by atoms with van der Waals surface area (Å²) in [7, 11) is -3.90. The van der Waals surface area contributed by atoms with Gasteiger partial charge in [0.25, 0.3) is 5.91 Å². The zero-order valence-corrected chi connectivity index (χ0v) is 22.6. The maximum atomic E-state index is 12.7. The fourth-order valence-corrected chi connectivity index (χ4v) is 4.95. The normalized spacial score (nSPS) is 12.5. The summed E-state index contributed by atoms with van der Waals surface area (Å²) in [6.45, 7) is 5.30. The van der Waals surface area contributed by atoms with E-state index in [4.69, 9.17) is 27.9 Å². The number of carbonyl (C=O) groups excluding carboxylic acids is 2. The van der Waals surface area contributed by atoms with E-state index in [0.29, 0.717) is 10.6 Å². The molecule has 194 valence electrons. The van der Waals surface area contributed by atoms with Crippen LogP contribution in [0.3, 0.4) is 0 Å². The second-order valence-corrected chi connectivity index (χ2v) is 11.0. The highest BCUT2D eigenvalue weighted by molar-refractivity contribution is 7.89. The number of aryl methyl sites for hydroxylation is 1. The Morgan fingerprint density at radius 1 is 0.973 bits per heavy atom. The fourth-order valence-electron chi connectivity index (χ4n) is 3.12. The van der Waals surface area contributed by atoms with Gasteiger partial charge in [-0.2, -0.15) is 9.82 Å². The van der Waals surface area contributed by atoms with Crippen molar-refractivity contribution in [1.82, 2.24) is 10.1 Å². The Balaban J connectivity index is 1.60. The first kappa shape index (κ1) is 28.3. The number of hydrazone groups is 1. The van der Waals surface area contributed by atoms with Crippen molar-refractivity contribution in [3.8, 4) is 5.75 Å². The first-order chi connectivity index (χ1) is 17.5. The second-order valence-electron chi connectivity index (χ2n) is 8.47. The lowest BCUT2D eigenvalue weighted by atomic mass is 10.1. The van der Waals surface area contributed by atoms with Gasteiger partial charge >= 0.3 is 5.97 Å². The van der Waals surface area contributed by atoms with Gasteiger partial charge in [0, 0.05) is 5.02 Å². The number of hydrogen-bond donors (Lipinski definition) is 2. The van der Waals surface area contributed by atoms with E-state index in [2.05, 4.69) is 15.2 Å². The third-order valence-electron chi connectivity index (χ3n) is 5.19. The van der Waals surface area contributed by atoms with Crippen molar-refractivity contribution in [3.63, 3.8) is 0 Å². The molecule has 0 bridgehead atoms. The Hall–Kier alpha value is -3.24. The molecule has 0 fully saturated rings. The van der Waals surface area contributed by atoms with Crippen LogP contribution >= 0.6 is 23.2 Å². The molecule has 0 saturated carbocycles. The first-order valence-corrected chi connectivity index (χ1v) is 13.4. The van der Waals surface area contributed by atoms with Crippen molar-refractivity contribution in [2.75, 3.05) is 0 Å². The van der Waals surface area contributed by atoms with E-state index in [-0.39, 0.29) is 27.1 Å². The quantitative estimate of drug-likeness (QED) is 0.165. The highest BCUT2D eigenvalue weighted by Gasteiger charge is 2.28. The molecule has 3 rings (SSSR count). The van der Waals surface area contributed by atoms with E-state index < -0.39 is 27.9 Å². The Morgan fingerprint density at radius 2 is 1.62 bits per heavy atom. The molecule has 2 N–H and O–H groups in total. The highest BCUT2D eigenvalue weighted by atomic mass is 35.5. The summed E-state index contributed by atoms with van der Waals surface area (Å²) < 4.78 is 33.2. The summed E-state index contributed by atoms with van der Waals surface area (Å²) in [6, 6.07) is 16.1. The lowest BCUT2D eigenvalue weighted by Gasteiger charge is -2.20. The number of hydrogen-bond acceptors (Lipinski definition) is 6. The van der Waals surface area contributed by atoms with E-state index in [9.17, 15) is 18.0 Å². The molecule has 11 heteroatoms. The standard InChI is InChI=1S/C26H25Cl2N3O5S/c1-16(2)24(31-37(34,35)21-11-4-17(3)5-12-21)25(32)30-29-15-18-6-9-20(10-7-18)36-26(33)22-13-8-19(27)14-23(22)28/h4-16,24,31H,1-3H3,(H,30,32)/b29-15-/t24-/m1/s1. The summed E-state index contributed by atoms with van der Waals surface area (Å²) in [6.07, 6.45) is 1.38. The third-order valence-corrected chi connectivity index (χ3v) is 7.20. The molecule has 1 atom stereocenters. The van der Waals surface area contributed by atoms with E-state index >= 15 is 0 Å². The highest BCUT2D eigenvalue weighted by Crippen LogP contribution is 2.23. The van der Waals surface area contributed by atoms with E-state index in [1.807, 2.05) is 6.92 Å². The van der Waals surface area contributed by atoms with Gasteiger partial charge in [0.1, 0.15) is 11.8 Å². The summed E-state index contributed by atoms with van der Waals surface area (Å²) >= 11 is 11.9. The SMILES string of the molecule is Cc1ccc(S(=O)(=O)N[C@@H](C(=O)N/N=C\c2ccc(OC(=O)c3ccc(Cl)cc3Cl)cc2)C(C)C)cc1. The third kappa shape index (κ3) is 7.87. The molecular formula is C26H25Cl2N3O5S. The average Bonchev–Trinajstić information content (AvgIpc) is 2.83. The van der Waals surface area contributed by atoms with Gasteiger partial charge in [-0.25, -0.2) is 18.6 Å². The molecule has 0 aliphatic carbocycles. The van der Waals surface area contributed by atoms with Gasteiger partial charge in [-0.1, -0.05) is 54.7 Å². The predicted octanol–water partition coefficient (Wildman–Crippen LogP) is 4.97. The van der Waals surface area contributed by atoms with Crippen LogP contribution in [-0.2, 0) is 14.8 Å². The zero-order valence-electron chi connectivity index (χ0n) is 20.2. The van der Waals surface area contributed by atoms with Crippen LogP contribution in [0.4, 0.5) is 0 Å². The lowest BCUT2D eigenvalue weighted by molar-refractivity contribution is -0.123. The number of carbonyl (C=O) groups is 2. The van der Waals surface area contributed by atoms with E-state index in [1.54, 1.807) is 50.2 Å². The van der Waals surface area contributed by atoms with Crippen LogP contribution in [0.5, 0.6) is 5.75 Å². The molecule has 0 aliphatic heterocycles. The molecule has 0 aliphatic rings. The monoisotopic (exact) mass is 561 g/mol. The number of nitrogens with zero attached hydrogens (tertiary/aromatic N) is 1. The van der Waals surface area contributed by atoms with Crippen LogP contribution in [0.1, 0.15) is 35.3 Å². The molecule has 3 aromatic rings. The van der Waals surface area contributed by atoms with Gasteiger partial charge in [-0.3, -0.25) is 4.79 Å². The van der Waals surface area contributed by atoms with Gasteiger partial charge in [0.15, 0.2) is 0 Å². The number of esters is 1. The molecule has 0 unspecified atom stereocenters. The maximum absolute atomic E-state index is 12.7. The predicted molar refractivity (Wildman–Crippen MR) is 144 cm³/mol. The number of benzene rings is 3. The number of amides is 1. The summed E-state index contributed by atoms with van der Waals surface area (Å²) in [4.78, 5) is 25.1. The van der Waals surface area contributed by atoms with Crippen molar-refractivity contribution >= 4 is 51.3 Å². The topological polar surface area (TPSA) is 114 Å². The Kier molecular flexibility index (Phi) is 9.45. The van der Waals surface area contributed by atoms with Gasteiger partial charge in [0.05, 0.1) is 21.7 Å². The van der Waals surface area contributed by atoms with Crippen LogP contribution in [0.25, 0.3) is 0 Å². The Morgan fingerprint density at radius 3 is 2.22 bits per heavy atom. The van der Waals surface area contributed by atoms with E-state index in [1.165, 1.54) is 36.5 Å². The zero-order chi connectivity index (χ0) is 27.2. The average molecular weight is 562 g/mol. The van der Waals surface area contributed by atoms with Crippen LogP contribution in [0, 0.1) is 12.8 Å². The van der Waals surface area contributed by atoms with E-state index in [0.717, 1.165) is 5.56 Å². The molecular weight excluding hydrogens is 537 g/mol. The fraction of sp³-hybridized carbons (Fsp3) is 0.192. The van der Waals surface area contributed by atoms with Crippen molar-refractivity contribution in [3.05, 3.63) is 93.5 Å². The van der Waals surface area contributed by atoms with Crippen molar-refractivity contribution in [2.24, 2.45) is 11.0 Å². The van der Waals surface area contributed by atoms with Crippen LogP contribution in [0.15, 0.2) is 76.7 Å². The van der Waals surface area contributed by atoms with Crippen molar-refractivity contribution < 1.29 is 22.7 Å². The number of sulfonamides is 1.